The topological polar surface area (TPSA) is 96.3 Å². The summed E-state index contributed by atoms with van der Waals surface area (Å²) in [5, 5.41) is 6.79. The standard InChI is InChI=1S/C26H33Cl2N5O3/c1-14(2)30-26-31-22-13-32(24(35)17-7-10-20(27)21(28)12-17)15(3)11-19(22)25(36)33(26)18-8-5-16(6-9-18)23(34)29-4/h7,10,12,14-16,18H,5-6,8-9,11,13H2,1-4H3,(H,29,34)(H,30,31)/t15-,16-,18+/m1/s1. The van der Waals surface area contributed by atoms with E-state index in [-0.39, 0.29) is 48.0 Å². The van der Waals surface area contributed by atoms with E-state index in [0.717, 1.165) is 25.7 Å². The first-order valence-corrected chi connectivity index (χ1v) is 13.2. The second-order valence-electron chi connectivity index (χ2n) is 10.1. The van der Waals surface area contributed by atoms with Gasteiger partial charge < -0.3 is 15.5 Å². The first-order valence-electron chi connectivity index (χ1n) is 12.5. The van der Waals surface area contributed by atoms with Gasteiger partial charge in [-0.2, -0.15) is 0 Å². The lowest BCUT2D eigenvalue weighted by molar-refractivity contribution is -0.125. The van der Waals surface area contributed by atoms with Crippen molar-refractivity contribution in [1.29, 1.82) is 0 Å². The van der Waals surface area contributed by atoms with Gasteiger partial charge in [0, 0.05) is 42.2 Å². The van der Waals surface area contributed by atoms with E-state index in [1.54, 1.807) is 34.7 Å². The fraction of sp³-hybridized carbons (Fsp3) is 0.538. The Morgan fingerprint density at radius 2 is 1.81 bits per heavy atom. The molecule has 0 saturated heterocycles. The molecule has 10 heteroatoms. The SMILES string of the molecule is CNC(=O)[C@H]1CC[C@@H](n2c(NC(C)C)nc3c(c2=O)C[C@@H](C)N(C(=O)c2ccc(Cl)c(Cl)c2)C3)CC1. The van der Waals surface area contributed by atoms with Crippen LogP contribution in [0.2, 0.25) is 10.0 Å². The number of nitrogens with zero attached hydrogens (tertiary/aromatic N) is 3. The number of carbonyl (C=O) groups excluding carboxylic acids is 2. The van der Waals surface area contributed by atoms with Gasteiger partial charge in [0.15, 0.2) is 0 Å². The lowest BCUT2D eigenvalue weighted by Crippen LogP contribution is -2.47. The lowest BCUT2D eigenvalue weighted by atomic mass is 9.85. The second kappa shape index (κ2) is 10.8. The molecule has 1 aromatic heterocycles. The van der Waals surface area contributed by atoms with Gasteiger partial charge in [0.05, 0.1) is 22.3 Å². The van der Waals surface area contributed by atoms with Crippen molar-refractivity contribution >= 4 is 41.0 Å². The summed E-state index contributed by atoms with van der Waals surface area (Å²) in [6.07, 6.45) is 3.36. The molecule has 1 aromatic carbocycles. The predicted molar refractivity (Wildman–Crippen MR) is 142 cm³/mol. The van der Waals surface area contributed by atoms with Crippen molar-refractivity contribution < 1.29 is 9.59 Å². The molecular weight excluding hydrogens is 501 g/mol. The van der Waals surface area contributed by atoms with Crippen LogP contribution in [-0.2, 0) is 17.8 Å². The van der Waals surface area contributed by atoms with Gasteiger partial charge in [-0.05, 0) is 71.1 Å². The molecule has 1 aliphatic carbocycles. The molecule has 2 N–H and O–H groups in total. The van der Waals surface area contributed by atoms with Crippen molar-refractivity contribution in [1.82, 2.24) is 19.8 Å². The molecule has 2 aliphatic rings. The Morgan fingerprint density at radius 3 is 2.42 bits per heavy atom. The number of halogens is 2. The van der Waals surface area contributed by atoms with Crippen LogP contribution in [0.5, 0.6) is 0 Å². The molecule has 2 heterocycles. The Labute approximate surface area is 221 Å². The Bertz CT molecular complexity index is 1220. The zero-order chi connectivity index (χ0) is 26.1. The average molecular weight is 534 g/mol. The monoisotopic (exact) mass is 533 g/mol. The Hall–Kier alpha value is -2.58. The van der Waals surface area contributed by atoms with Crippen LogP contribution in [0.25, 0.3) is 0 Å². The number of rotatable bonds is 5. The van der Waals surface area contributed by atoms with Gasteiger partial charge in [0.2, 0.25) is 11.9 Å². The molecule has 2 aromatic rings. The van der Waals surface area contributed by atoms with Crippen molar-refractivity contribution in [2.45, 2.75) is 77.5 Å². The summed E-state index contributed by atoms with van der Waals surface area (Å²) in [6, 6.07) is 4.70. The molecule has 36 heavy (non-hydrogen) atoms. The van der Waals surface area contributed by atoms with E-state index < -0.39 is 0 Å². The van der Waals surface area contributed by atoms with E-state index in [1.165, 1.54) is 0 Å². The molecule has 194 valence electrons. The van der Waals surface area contributed by atoms with Gasteiger partial charge in [0.1, 0.15) is 0 Å². The first kappa shape index (κ1) is 26.5. The van der Waals surface area contributed by atoms with E-state index in [1.807, 2.05) is 20.8 Å². The summed E-state index contributed by atoms with van der Waals surface area (Å²) in [5.74, 6) is 0.387. The molecule has 1 fully saturated rings. The van der Waals surface area contributed by atoms with Gasteiger partial charge in [-0.1, -0.05) is 23.2 Å². The van der Waals surface area contributed by atoms with E-state index in [4.69, 9.17) is 28.2 Å². The van der Waals surface area contributed by atoms with Gasteiger partial charge in [-0.25, -0.2) is 4.98 Å². The van der Waals surface area contributed by atoms with Crippen LogP contribution in [0.3, 0.4) is 0 Å². The summed E-state index contributed by atoms with van der Waals surface area (Å²) in [4.78, 5) is 45.9. The van der Waals surface area contributed by atoms with Crippen LogP contribution < -0.4 is 16.2 Å². The number of hydrogen-bond acceptors (Lipinski definition) is 5. The van der Waals surface area contributed by atoms with E-state index >= 15 is 0 Å². The summed E-state index contributed by atoms with van der Waals surface area (Å²) in [7, 11) is 1.66. The van der Waals surface area contributed by atoms with Crippen LogP contribution in [-0.4, -0.2) is 45.4 Å². The molecule has 8 nitrogen and oxygen atoms in total. The Kier molecular flexibility index (Phi) is 7.95. The molecular formula is C26H33Cl2N5O3. The predicted octanol–water partition coefficient (Wildman–Crippen LogP) is 4.43. The zero-order valence-corrected chi connectivity index (χ0v) is 22.6. The summed E-state index contributed by atoms with van der Waals surface area (Å²) < 4.78 is 1.79. The van der Waals surface area contributed by atoms with Gasteiger partial charge in [-0.15, -0.1) is 0 Å². The minimum absolute atomic E-state index is 0.0185. The molecule has 4 rings (SSSR count). The number of carbonyl (C=O) groups is 2. The second-order valence-corrected chi connectivity index (χ2v) is 10.9. The Balaban J connectivity index is 1.66. The summed E-state index contributed by atoms with van der Waals surface area (Å²) >= 11 is 12.2. The molecule has 1 aliphatic heterocycles. The zero-order valence-electron chi connectivity index (χ0n) is 21.1. The molecule has 0 unspecified atom stereocenters. The van der Waals surface area contributed by atoms with E-state index in [0.29, 0.717) is 39.2 Å². The highest BCUT2D eigenvalue weighted by atomic mass is 35.5. The number of benzene rings is 1. The van der Waals surface area contributed by atoms with Gasteiger partial charge in [0.25, 0.3) is 11.5 Å². The first-order chi connectivity index (χ1) is 17.1. The number of amides is 2. The van der Waals surface area contributed by atoms with Crippen LogP contribution in [0.15, 0.2) is 23.0 Å². The van der Waals surface area contributed by atoms with Crippen LogP contribution in [0.4, 0.5) is 5.95 Å². The van der Waals surface area contributed by atoms with Crippen LogP contribution in [0.1, 0.15) is 74.1 Å². The smallest absolute Gasteiger partial charge is 0.258 e. The number of anilines is 1. The number of nitrogens with one attached hydrogen (secondary N) is 2. The third-order valence-corrected chi connectivity index (χ3v) is 7.91. The van der Waals surface area contributed by atoms with Crippen molar-refractivity contribution in [2.24, 2.45) is 5.92 Å². The summed E-state index contributed by atoms with van der Waals surface area (Å²) in [6.45, 7) is 6.18. The molecule has 0 spiro atoms. The van der Waals surface area contributed by atoms with E-state index in [2.05, 4.69) is 10.6 Å². The highest BCUT2D eigenvalue weighted by molar-refractivity contribution is 6.42. The molecule has 1 atom stereocenters. The van der Waals surface area contributed by atoms with Gasteiger partial charge >= 0.3 is 0 Å². The van der Waals surface area contributed by atoms with Crippen LogP contribution in [0, 0.1) is 5.92 Å². The molecule has 1 saturated carbocycles. The van der Waals surface area contributed by atoms with Crippen LogP contribution >= 0.6 is 23.2 Å². The molecule has 2 amide bonds. The lowest BCUT2D eigenvalue weighted by Gasteiger charge is -2.36. The number of fused-ring (bicyclic) bond motifs is 1. The van der Waals surface area contributed by atoms with Crippen molar-refractivity contribution in [3.8, 4) is 0 Å². The minimum atomic E-state index is -0.185. The van der Waals surface area contributed by atoms with Crippen molar-refractivity contribution in [3.05, 3.63) is 55.4 Å². The quantitative estimate of drug-likeness (QED) is 0.592. The maximum Gasteiger partial charge on any atom is 0.258 e. The third-order valence-electron chi connectivity index (χ3n) is 7.17. The normalized spacial score (nSPS) is 21.8. The molecule has 0 bridgehead atoms. The minimum Gasteiger partial charge on any atom is -0.359 e. The van der Waals surface area contributed by atoms with Crippen molar-refractivity contribution in [2.75, 3.05) is 12.4 Å². The van der Waals surface area contributed by atoms with E-state index in [9.17, 15) is 14.4 Å². The molecule has 0 radical (unpaired) electrons. The fourth-order valence-electron chi connectivity index (χ4n) is 5.24. The highest BCUT2D eigenvalue weighted by Gasteiger charge is 2.34. The van der Waals surface area contributed by atoms with Crippen molar-refractivity contribution in [3.63, 3.8) is 0 Å². The Morgan fingerprint density at radius 1 is 1.11 bits per heavy atom. The number of hydrogen-bond donors (Lipinski definition) is 2. The third kappa shape index (κ3) is 5.25. The van der Waals surface area contributed by atoms with Gasteiger partial charge in [-0.3, -0.25) is 19.0 Å². The average Bonchev–Trinajstić information content (AvgIpc) is 2.85. The fourth-order valence-corrected chi connectivity index (χ4v) is 5.54. The summed E-state index contributed by atoms with van der Waals surface area (Å²) in [5.41, 5.74) is 1.66. The largest absolute Gasteiger partial charge is 0.359 e. The maximum absolute atomic E-state index is 13.8. The number of aromatic nitrogens is 2. The maximum atomic E-state index is 13.8. The highest BCUT2D eigenvalue weighted by Crippen LogP contribution is 2.34.